The summed E-state index contributed by atoms with van der Waals surface area (Å²) in [6, 6.07) is 16.9. The number of aromatic amines is 1. The molecule has 6 rings (SSSR count). The number of halogens is 1. The first-order chi connectivity index (χ1) is 17.5. The monoisotopic (exact) mass is 498 g/mol. The minimum Gasteiger partial charge on any atom is -0.437 e. The Kier molecular flexibility index (Phi) is 5.42. The van der Waals surface area contributed by atoms with Crippen LogP contribution in [0, 0.1) is 6.92 Å². The van der Waals surface area contributed by atoms with E-state index in [1.54, 1.807) is 28.8 Å². The number of hydrogen-bond donors (Lipinski definition) is 1. The van der Waals surface area contributed by atoms with Gasteiger partial charge in [0.05, 0.1) is 18.4 Å². The average molecular weight is 499 g/mol. The number of hydrogen-bond acceptors (Lipinski definition) is 7. The molecule has 10 nitrogen and oxygen atoms in total. The van der Waals surface area contributed by atoms with E-state index in [9.17, 15) is 4.79 Å². The van der Waals surface area contributed by atoms with E-state index in [4.69, 9.17) is 16.3 Å². The van der Waals surface area contributed by atoms with Crippen LogP contribution >= 0.6 is 11.6 Å². The molecule has 0 saturated carbocycles. The number of nitrogens with one attached hydrogen (secondary N) is 1. The summed E-state index contributed by atoms with van der Waals surface area (Å²) < 4.78 is 8.84. The molecule has 0 bridgehead atoms. The van der Waals surface area contributed by atoms with Crippen LogP contribution < -0.4 is 10.3 Å². The Balaban J connectivity index is 1.27. The van der Waals surface area contributed by atoms with E-state index in [-0.39, 0.29) is 12.1 Å². The van der Waals surface area contributed by atoms with Crippen LogP contribution in [0.15, 0.2) is 71.9 Å². The van der Waals surface area contributed by atoms with Crippen molar-refractivity contribution in [1.29, 1.82) is 0 Å². The number of H-pyrrole nitrogens is 1. The van der Waals surface area contributed by atoms with Crippen molar-refractivity contribution in [2.45, 2.75) is 19.9 Å². The van der Waals surface area contributed by atoms with Gasteiger partial charge in [0.15, 0.2) is 16.8 Å². The number of imidazole rings is 2. The largest absolute Gasteiger partial charge is 0.437 e. The Labute approximate surface area is 209 Å². The highest BCUT2D eigenvalue weighted by atomic mass is 35.5. The lowest BCUT2D eigenvalue weighted by atomic mass is 10.1. The third-order valence-electron chi connectivity index (χ3n) is 5.66. The fraction of sp³-hybridized carbons (Fsp3) is 0.120. The highest BCUT2D eigenvalue weighted by Gasteiger charge is 2.16. The standard InChI is InChI=1S/C25H19ClN8O2/c1-15-22-25(35)33(14-28-34(22)20(29-15)11-16-5-3-2-4-6-16)13-19-30-23-24(31-19)32-21(12-27-23)36-18-9-7-17(26)8-10-18/h2-10,12,14H,11,13H2,1H3,(H,27,30,31,32). The molecule has 0 fully saturated rings. The smallest absolute Gasteiger partial charge is 0.280 e. The van der Waals surface area contributed by atoms with E-state index >= 15 is 0 Å². The molecule has 0 amide bonds. The lowest BCUT2D eigenvalue weighted by Crippen LogP contribution is -2.24. The van der Waals surface area contributed by atoms with Crippen LogP contribution in [0.2, 0.25) is 5.02 Å². The van der Waals surface area contributed by atoms with Gasteiger partial charge in [-0.15, -0.1) is 0 Å². The van der Waals surface area contributed by atoms with Crippen LogP contribution in [0.1, 0.15) is 22.9 Å². The summed E-state index contributed by atoms with van der Waals surface area (Å²) in [4.78, 5) is 34.2. The minimum atomic E-state index is -0.206. The quantitative estimate of drug-likeness (QED) is 0.369. The van der Waals surface area contributed by atoms with Gasteiger partial charge >= 0.3 is 0 Å². The van der Waals surface area contributed by atoms with Gasteiger partial charge in [0.2, 0.25) is 5.88 Å². The molecule has 1 N–H and O–H groups in total. The fourth-order valence-electron chi connectivity index (χ4n) is 3.99. The maximum absolute atomic E-state index is 13.3. The lowest BCUT2D eigenvalue weighted by molar-refractivity contribution is 0.462. The van der Waals surface area contributed by atoms with Crippen molar-refractivity contribution in [2.75, 3.05) is 0 Å². The third kappa shape index (κ3) is 4.18. The van der Waals surface area contributed by atoms with Gasteiger partial charge in [-0.05, 0) is 36.8 Å². The van der Waals surface area contributed by atoms with Gasteiger partial charge in [0.25, 0.3) is 5.56 Å². The number of ether oxygens (including phenoxy) is 1. The Bertz CT molecular complexity index is 1760. The zero-order valence-electron chi connectivity index (χ0n) is 19.1. The van der Waals surface area contributed by atoms with Crippen LogP contribution in [0.25, 0.3) is 16.8 Å². The Morgan fingerprint density at radius 1 is 1.03 bits per heavy atom. The van der Waals surface area contributed by atoms with Crippen LogP contribution in [0.3, 0.4) is 0 Å². The van der Waals surface area contributed by atoms with Crippen LogP contribution in [0.5, 0.6) is 11.6 Å². The van der Waals surface area contributed by atoms with Crippen molar-refractivity contribution >= 4 is 28.4 Å². The number of fused-ring (bicyclic) bond motifs is 2. The normalized spacial score (nSPS) is 11.4. The summed E-state index contributed by atoms with van der Waals surface area (Å²) in [6.45, 7) is 1.99. The molecule has 6 aromatic rings. The van der Waals surface area contributed by atoms with Gasteiger partial charge < -0.3 is 9.72 Å². The maximum atomic E-state index is 13.3. The molecule has 178 valence electrons. The second kappa shape index (κ2) is 8.90. The molecule has 0 aliphatic rings. The maximum Gasteiger partial charge on any atom is 0.280 e. The predicted octanol–water partition coefficient (Wildman–Crippen LogP) is 3.95. The van der Waals surface area contributed by atoms with Crippen molar-refractivity contribution in [1.82, 2.24) is 39.1 Å². The van der Waals surface area contributed by atoms with E-state index < -0.39 is 0 Å². The molecule has 0 spiro atoms. The number of rotatable bonds is 6. The number of aromatic nitrogens is 8. The van der Waals surface area contributed by atoms with Crippen molar-refractivity contribution < 1.29 is 4.74 Å². The summed E-state index contributed by atoms with van der Waals surface area (Å²) in [7, 11) is 0. The van der Waals surface area contributed by atoms with Crippen molar-refractivity contribution in [2.24, 2.45) is 0 Å². The molecule has 4 heterocycles. The number of nitrogens with zero attached hydrogens (tertiary/aromatic N) is 7. The second-order valence-electron chi connectivity index (χ2n) is 8.22. The second-order valence-corrected chi connectivity index (χ2v) is 8.66. The molecule has 0 atom stereocenters. The topological polar surface area (TPSA) is 116 Å². The van der Waals surface area contributed by atoms with Crippen LogP contribution in [0.4, 0.5) is 0 Å². The lowest BCUT2D eigenvalue weighted by Gasteiger charge is -2.05. The molecule has 2 aromatic carbocycles. The highest BCUT2D eigenvalue weighted by Crippen LogP contribution is 2.22. The van der Waals surface area contributed by atoms with E-state index in [1.807, 2.05) is 37.3 Å². The molecule has 0 radical (unpaired) electrons. The Morgan fingerprint density at radius 3 is 2.64 bits per heavy atom. The van der Waals surface area contributed by atoms with Gasteiger partial charge in [-0.3, -0.25) is 9.36 Å². The SMILES string of the molecule is Cc1nc(Cc2ccccc2)n2ncn(Cc3nc4ncc(Oc5ccc(Cl)cc5)nc4[nH]3)c(=O)c12. The van der Waals surface area contributed by atoms with Crippen LogP contribution in [-0.2, 0) is 13.0 Å². The van der Waals surface area contributed by atoms with Gasteiger partial charge in [0.1, 0.15) is 23.7 Å². The first kappa shape index (κ1) is 21.9. The van der Waals surface area contributed by atoms with Crippen molar-refractivity contribution in [3.8, 4) is 11.6 Å². The zero-order valence-corrected chi connectivity index (χ0v) is 19.8. The van der Waals surface area contributed by atoms with Gasteiger partial charge in [-0.25, -0.2) is 19.5 Å². The van der Waals surface area contributed by atoms with Crippen LogP contribution in [-0.4, -0.2) is 39.1 Å². The van der Waals surface area contributed by atoms with Gasteiger partial charge in [0, 0.05) is 11.4 Å². The van der Waals surface area contributed by atoms with Gasteiger partial charge in [-0.2, -0.15) is 10.1 Å². The van der Waals surface area contributed by atoms with E-state index in [2.05, 4.69) is 30.0 Å². The van der Waals surface area contributed by atoms with E-state index in [0.29, 0.717) is 57.2 Å². The summed E-state index contributed by atoms with van der Waals surface area (Å²) in [5.41, 5.74) is 2.82. The number of aryl methyl sites for hydroxylation is 1. The molecule has 0 unspecified atom stereocenters. The average Bonchev–Trinajstić information content (AvgIpc) is 3.42. The molecule has 11 heteroatoms. The Morgan fingerprint density at radius 2 is 1.83 bits per heavy atom. The summed E-state index contributed by atoms with van der Waals surface area (Å²) in [5.74, 6) is 2.12. The third-order valence-corrected chi connectivity index (χ3v) is 5.91. The first-order valence-corrected chi connectivity index (χ1v) is 11.5. The van der Waals surface area contributed by atoms with Crippen molar-refractivity contribution in [3.05, 3.63) is 105 Å². The van der Waals surface area contributed by atoms with Gasteiger partial charge in [-0.1, -0.05) is 41.9 Å². The zero-order chi connectivity index (χ0) is 24.6. The highest BCUT2D eigenvalue weighted by molar-refractivity contribution is 6.30. The molecule has 0 aliphatic carbocycles. The number of benzene rings is 2. The molecule has 0 aliphatic heterocycles. The Hall–Kier alpha value is -4.57. The molecule has 0 saturated heterocycles. The summed E-state index contributed by atoms with van der Waals surface area (Å²) in [5, 5.41) is 5.11. The molecule has 36 heavy (non-hydrogen) atoms. The fourth-order valence-corrected chi connectivity index (χ4v) is 4.11. The summed E-state index contributed by atoms with van der Waals surface area (Å²) >= 11 is 5.92. The van der Waals surface area contributed by atoms with E-state index in [1.165, 1.54) is 17.1 Å². The predicted molar refractivity (Wildman–Crippen MR) is 134 cm³/mol. The molecular formula is C25H19ClN8O2. The first-order valence-electron chi connectivity index (χ1n) is 11.2. The molecular weight excluding hydrogens is 480 g/mol. The summed E-state index contributed by atoms with van der Waals surface area (Å²) in [6.07, 6.45) is 3.56. The van der Waals surface area contributed by atoms with E-state index in [0.717, 1.165) is 5.56 Å². The van der Waals surface area contributed by atoms with Crippen molar-refractivity contribution in [3.63, 3.8) is 0 Å². The molecule has 4 aromatic heterocycles. The minimum absolute atomic E-state index is 0.173.